The third-order valence-corrected chi connectivity index (χ3v) is 4.96. The zero-order chi connectivity index (χ0) is 17.8. The van der Waals surface area contributed by atoms with Crippen LogP contribution in [0.5, 0.6) is 0 Å². The standard InChI is InChI=1S/C19H12ClN5O/c20-13-5-3-9(12-8-23-25-18(12)13)15-11-4-6-14-10(2-1-7-22-14)17(11)24-19(26)16(15)21/h1-8H,21H2,(H,23,25)(H,24,26). The summed E-state index contributed by atoms with van der Waals surface area (Å²) in [7, 11) is 0. The van der Waals surface area contributed by atoms with Crippen molar-refractivity contribution in [3.8, 4) is 11.1 Å². The number of hydrogen-bond donors (Lipinski definition) is 3. The van der Waals surface area contributed by atoms with Crippen molar-refractivity contribution >= 4 is 50.0 Å². The average Bonchev–Trinajstić information content (AvgIpc) is 3.15. The molecular weight excluding hydrogens is 350 g/mol. The molecule has 5 rings (SSSR count). The van der Waals surface area contributed by atoms with Gasteiger partial charge in [0.25, 0.3) is 5.56 Å². The maximum absolute atomic E-state index is 12.6. The fraction of sp³-hybridized carbons (Fsp3) is 0. The number of nitrogens with zero attached hydrogens (tertiary/aromatic N) is 2. The Morgan fingerprint density at radius 2 is 1.88 bits per heavy atom. The lowest BCUT2D eigenvalue weighted by molar-refractivity contribution is 1.12. The molecule has 3 heterocycles. The van der Waals surface area contributed by atoms with Crippen molar-refractivity contribution in [2.45, 2.75) is 0 Å². The summed E-state index contributed by atoms with van der Waals surface area (Å²) in [4.78, 5) is 19.8. The normalized spacial score (nSPS) is 11.6. The van der Waals surface area contributed by atoms with Crippen molar-refractivity contribution in [1.29, 1.82) is 0 Å². The van der Waals surface area contributed by atoms with Gasteiger partial charge in [0.15, 0.2) is 0 Å². The molecule has 26 heavy (non-hydrogen) atoms. The SMILES string of the molecule is Nc1c(-c2ccc(Cl)c3[nH]ncc23)c2ccc3ncccc3c2[nH]c1=O. The Kier molecular flexibility index (Phi) is 3.05. The van der Waals surface area contributed by atoms with Crippen molar-refractivity contribution < 1.29 is 0 Å². The molecule has 4 N–H and O–H groups in total. The summed E-state index contributed by atoms with van der Waals surface area (Å²) in [5.41, 5.74) is 9.70. The number of nitrogens with one attached hydrogen (secondary N) is 2. The number of rotatable bonds is 1. The molecule has 2 aromatic carbocycles. The second-order valence-corrected chi connectivity index (χ2v) is 6.46. The van der Waals surface area contributed by atoms with Gasteiger partial charge in [-0.2, -0.15) is 5.10 Å². The highest BCUT2D eigenvalue weighted by molar-refractivity contribution is 6.35. The van der Waals surface area contributed by atoms with Crippen molar-refractivity contribution in [3.05, 3.63) is 64.2 Å². The van der Waals surface area contributed by atoms with Crippen molar-refractivity contribution in [2.24, 2.45) is 0 Å². The molecule has 0 amide bonds. The van der Waals surface area contributed by atoms with E-state index in [4.69, 9.17) is 17.3 Å². The molecule has 0 spiro atoms. The molecule has 0 aliphatic heterocycles. The topological polar surface area (TPSA) is 100 Å². The number of anilines is 1. The van der Waals surface area contributed by atoms with Gasteiger partial charge in [-0.15, -0.1) is 0 Å². The van der Waals surface area contributed by atoms with E-state index in [0.717, 1.165) is 27.2 Å². The van der Waals surface area contributed by atoms with Crippen LogP contribution in [-0.4, -0.2) is 20.2 Å². The second kappa shape index (κ2) is 5.31. The molecule has 0 radical (unpaired) electrons. The largest absolute Gasteiger partial charge is 0.394 e. The lowest BCUT2D eigenvalue weighted by Gasteiger charge is -2.12. The second-order valence-electron chi connectivity index (χ2n) is 6.05. The molecule has 3 aromatic heterocycles. The van der Waals surface area contributed by atoms with Crippen molar-refractivity contribution in [3.63, 3.8) is 0 Å². The molecule has 0 saturated heterocycles. The monoisotopic (exact) mass is 361 g/mol. The molecule has 6 nitrogen and oxygen atoms in total. The van der Waals surface area contributed by atoms with Crippen LogP contribution in [0.4, 0.5) is 5.69 Å². The van der Waals surface area contributed by atoms with Gasteiger partial charge >= 0.3 is 0 Å². The predicted molar refractivity (Wildman–Crippen MR) is 104 cm³/mol. The summed E-state index contributed by atoms with van der Waals surface area (Å²) in [6.45, 7) is 0. The molecule has 5 aromatic rings. The van der Waals surface area contributed by atoms with Crippen LogP contribution in [0.3, 0.4) is 0 Å². The van der Waals surface area contributed by atoms with E-state index in [1.165, 1.54) is 0 Å². The fourth-order valence-electron chi connectivity index (χ4n) is 3.45. The molecule has 0 aliphatic carbocycles. The highest BCUT2D eigenvalue weighted by Gasteiger charge is 2.17. The van der Waals surface area contributed by atoms with E-state index in [0.29, 0.717) is 21.6 Å². The van der Waals surface area contributed by atoms with Gasteiger partial charge in [0.05, 0.1) is 27.8 Å². The maximum Gasteiger partial charge on any atom is 0.272 e. The molecule has 0 fully saturated rings. The van der Waals surface area contributed by atoms with Gasteiger partial charge in [-0.25, -0.2) is 0 Å². The number of hydrogen-bond acceptors (Lipinski definition) is 4. The Balaban J connectivity index is 2.01. The molecular formula is C19H12ClN5O. The Morgan fingerprint density at radius 1 is 1.00 bits per heavy atom. The van der Waals surface area contributed by atoms with Gasteiger partial charge in [0.2, 0.25) is 0 Å². The molecule has 0 unspecified atom stereocenters. The minimum absolute atomic E-state index is 0.158. The van der Waals surface area contributed by atoms with Crippen LogP contribution in [0.15, 0.2) is 53.6 Å². The number of aromatic amines is 2. The number of benzene rings is 2. The van der Waals surface area contributed by atoms with E-state index < -0.39 is 0 Å². The Bertz CT molecular complexity index is 1390. The first kappa shape index (κ1) is 14.9. The number of H-pyrrole nitrogens is 2. The highest BCUT2D eigenvalue weighted by Crippen LogP contribution is 2.38. The first-order valence-corrected chi connectivity index (χ1v) is 8.34. The smallest absolute Gasteiger partial charge is 0.272 e. The summed E-state index contributed by atoms with van der Waals surface area (Å²) >= 11 is 6.25. The van der Waals surface area contributed by atoms with E-state index in [-0.39, 0.29) is 11.2 Å². The highest BCUT2D eigenvalue weighted by atomic mass is 35.5. The molecule has 0 bridgehead atoms. The van der Waals surface area contributed by atoms with Crippen LogP contribution < -0.4 is 11.3 Å². The summed E-state index contributed by atoms with van der Waals surface area (Å²) in [6.07, 6.45) is 3.41. The molecule has 0 saturated carbocycles. The van der Waals surface area contributed by atoms with Gasteiger partial charge in [-0.05, 0) is 35.9 Å². The van der Waals surface area contributed by atoms with Crippen LogP contribution in [0.25, 0.3) is 43.8 Å². The van der Waals surface area contributed by atoms with Crippen molar-refractivity contribution in [1.82, 2.24) is 20.2 Å². The Labute approximate surface area is 151 Å². The number of halogens is 1. The van der Waals surface area contributed by atoms with Crippen LogP contribution in [0.1, 0.15) is 0 Å². The van der Waals surface area contributed by atoms with Crippen LogP contribution in [-0.2, 0) is 0 Å². The third-order valence-electron chi connectivity index (χ3n) is 4.64. The Hall–Kier alpha value is -3.38. The molecule has 126 valence electrons. The van der Waals surface area contributed by atoms with Crippen LogP contribution in [0.2, 0.25) is 5.02 Å². The van der Waals surface area contributed by atoms with Crippen LogP contribution in [0, 0.1) is 0 Å². The fourth-order valence-corrected chi connectivity index (χ4v) is 3.65. The number of nitrogen functional groups attached to an aromatic ring is 1. The average molecular weight is 362 g/mol. The van der Waals surface area contributed by atoms with E-state index in [1.54, 1.807) is 18.5 Å². The van der Waals surface area contributed by atoms with Crippen LogP contribution >= 0.6 is 11.6 Å². The zero-order valence-electron chi connectivity index (χ0n) is 13.4. The van der Waals surface area contributed by atoms with Gasteiger partial charge in [0.1, 0.15) is 5.69 Å². The van der Waals surface area contributed by atoms with Crippen molar-refractivity contribution in [2.75, 3.05) is 5.73 Å². The van der Waals surface area contributed by atoms with E-state index in [1.807, 2.05) is 30.3 Å². The molecule has 0 atom stereocenters. The predicted octanol–water partition coefficient (Wildman–Crippen LogP) is 3.86. The van der Waals surface area contributed by atoms with Gasteiger partial charge < -0.3 is 10.7 Å². The summed E-state index contributed by atoms with van der Waals surface area (Å²) in [5.74, 6) is 0. The van der Waals surface area contributed by atoms with Gasteiger partial charge in [0, 0.05) is 27.9 Å². The number of pyridine rings is 2. The number of fused-ring (bicyclic) bond motifs is 4. The van der Waals surface area contributed by atoms with E-state index in [9.17, 15) is 4.79 Å². The minimum atomic E-state index is -0.338. The molecule has 0 aliphatic rings. The zero-order valence-corrected chi connectivity index (χ0v) is 14.1. The first-order valence-electron chi connectivity index (χ1n) is 7.96. The first-order chi connectivity index (χ1) is 12.6. The number of nitrogens with two attached hydrogens (primary N) is 1. The van der Waals surface area contributed by atoms with E-state index >= 15 is 0 Å². The Morgan fingerprint density at radius 3 is 2.77 bits per heavy atom. The summed E-state index contributed by atoms with van der Waals surface area (Å²) < 4.78 is 0. The lowest BCUT2D eigenvalue weighted by Crippen LogP contribution is -2.13. The maximum atomic E-state index is 12.6. The van der Waals surface area contributed by atoms with Gasteiger partial charge in [-0.3, -0.25) is 14.9 Å². The lowest BCUT2D eigenvalue weighted by atomic mass is 9.95. The minimum Gasteiger partial charge on any atom is -0.394 e. The van der Waals surface area contributed by atoms with Gasteiger partial charge in [-0.1, -0.05) is 17.7 Å². The summed E-state index contributed by atoms with van der Waals surface area (Å²) in [5, 5.41) is 10.0. The molecule has 7 heteroatoms. The van der Waals surface area contributed by atoms with E-state index in [2.05, 4.69) is 20.2 Å². The quantitative estimate of drug-likeness (QED) is 0.395. The third kappa shape index (κ3) is 1.96. The summed E-state index contributed by atoms with van der Waals surface area (Å²) in [6, 6.07) is 11.2. The number of aromatic nitrogens is 4.